The van der Waals surface area contributed by atoms with Gasteiger partial charge >= 0.3 is 5.97 Å². The van der Waals surface area contributed by atoms with Gasteiger partial charge in [-0.3, -0.25) is 4.79 Å². The van der Waals surface area contributed by atoms with Gasteiger partial charge < -0.3 is 16.2 Å². The van der Waals surface area contributed by atoms with E-state index in [0.717, 1.165) is 0 Å². The molecule has 4 heteroatoms. The minimum atomic E-state index is -0.450. The minimum Gasteiger partial charge on any atom is -0.460 e. The Balaban J connectivity index is 3.89. The predicted molar refractivity (Wildman–Crippen MR) is 52.1 cm³/mol. The van der Waals surface area contributed by atoms with Gasteiger partial charge in [-0.2, -0.15) is 0 Å². The summed E-state index contributed by atoms with van der Waals surface area (Å²) in [4.78, 5) is 11.2. The molecule has 0 heterocycles. The fraction of sp³-hybridized carbons (Fsp3) is 0.889. The lowest BCUT2D eigenvalue weighted by molar-refractivity contribution is -0.155. The van der Waals surface area contributed by atoms with Crippen LogP contribution in [0, 0.1) is 0 Å². The highest BCUT2D eigenvalue weighted by atomic mass is 16.6. The molecule has 4 N–H and O–H groups in total. The third-order valence-electron chi connectivity index (χ3n) is 1.50. The van der Waals surface area contributed by atoms with Gasteiger partial charge in [-0.05, 0) is 27.7 Å². The average Bonchev–Trinajstić information content (AvgIpc) is 1.81. The summed E-state index contributed by atoms with van der Waals surface area (Å²) >= 11 is 0. The molecular weight excluding hydrogens is 168 g/mol. The molecule has 0 rings (SSSR count). The fourth-order valence-electron chi connectivity index (χ4n) is 0.762. The normalized spacial score (nSPS) is 16.5. The smallest absolute Gasteiger partial charge is 0.307 e. The molecular formula is C9H20N2O2. The first-order valence-corrected chi connectivity index (χ1v) is 4.45. The van der Waals surface area contributed by atoms with Gasteiger partial charge in [-0.25, -0.2) is 0 Å². The van der Waals surface area contributed by atoms with Crippen molar-refractivity contribution in [1.82, 2.24) is 0 Å². The van der Waals surface area contributed by atoms with Gasteiger partial charge in [0.05, 0.1) is 6.42 Å². The van der Waals surface area contributed by atoms with Crippen molar-refractivity contribution in [2.24, 2.45) is 11.5 Å². The van der Waals surface area contributed by atoms with Crippen molar-refractivity contribution < 1.29 is 9.53 Å². The quantitative estimate of drug-likeness (QED) is 0.628. The molecule has 0 bridgehead atoms. The van der Waals surface area contributed by atoms with Gasteiger partial charge in [0, 0.05) is 12.1 Å². The van der Waals surface area contributed by atoms with E-state index in [4.69, 9.17) is 16.2 Å². The summed E-state index contributed by atoms with van der Waals surface area (Å²) in [6.45, 7) is 7.24. The molecule has 0 saturated heterocycles. The highest BCUT2D eigenvalue weighted by molar-refractivity contribution is 5.70. The van der Waals surface area contributed by atoms with Crippen LogP contribution in [0.2, 0.25) is 0 Å². The van der Waals surface area contributed by atoms with Gasteiger partial charge in [0.25, 0.3) is 0 Å². The third-order valence-corrected chi connectivity index (χ3v) is 1.50. The van der Waals surface area contributed by atoms with Crippen LogP contribution in [0.5, 0.6) is 0 Å². The van der Waals surface area contributed by atoms with Crippen molar-refractivity contribution in [2.75, 3.05) is 0 Å². The van der Waals surface area contributed by atoms with E-state index in [1.54, 1.807) is 6.92 Å². The van der Waals surface area contributed by atoms with Gasteiger partial charge in [0.2, 0.25) is 0 Å². The van der Waals surface area contributed by atoms with Gasteiger partial charge in [-0.15, -0.1) is 0 Å². The first kappa shape index (κ1) is 12.4. The van der Waals surface area contributed by atoms with E-state index in [9.17, 15) is 4.79 Å². The predicted octanol–water partition coefficient (Wildman–Crippen LogP) is 0.393. The molecule has 0 saturated carbocycles. The second kappa shape index (κ2) is 4.58. The maximum absolute atomic E-state index is 11.2. The summed E-state index contributed by atoms with van der Waals surface area (Å²) in [5, 5.41) is 0. The Morgan fingerprint density at radius 3 is 2.15 bits per heavy atom. The summed E-state index contributed by atoms with van der Waals surface area (Å²) in [6.07, 6.45) is 0.176. The van der Waals surface area contributed by atoms with Crippen molar-refractivity contribution >= 4 is 5.97 Å². The van der Waals surface area contributed by atoms with Crippen LogP contribution in [0.25, 0.3) is 0 Å². The van der Waals surface area contributed by atoms with Crippen LogP contribution in [0.3, 0.4) is 0 Å². The summed E-state index contributed by atoms with van der Waals surface area (Å²) in [5.41, 5.74) is 10.7. The molecule has 2 unspecified atom stereocenters. The Kier molecular flexibility index (Phi) is 4.36. The zero-order chi connectivity index (χ0) is 10.6. The Morgan fingerprint density at radius 2 is 1.85 bits per heavy atom. The summed E-state index contributed by atoms with van der Waals surface area (Å²) < 4.78 is 5.08. The SMILES string of the molecule is CC(N)C(N)CC(=O)OC(C)(C)C. The molecule has 4 nitrogen and oxygen atoms in total. The van der Waals surface area contributed by atoms with Crippen LogP contribution in [-0.4, -0.2) is 23.7 Å². The first-order chi connectivity index (χ1) is 5.72. The fourth-order valence-corrected chi connectivity index (χ4v) is 0.762. The molecule has 0 aromatic heterocycles. The van der Waals surface area contributed by atoms with Gasteiger partial charge in [0.1, 0.15) is 5.60 Å². The second-order valence-electron chi connectivity index (χ2n) is 4.31. The maximum Gasteiger partial charge on any atom is 0.307 e. The molecule has 0 aliphatic rings. The monoisotopic (exact) mass is 188 g/mol. The van der Waals surface area contributed by atoms with Crippen LogP contribution in [-0.2, 0) is 9.53 Å². The van der Waals surface area contributed by atoms with E-state index in [0.29, 0.717) is 0 Å². The van der Waals surface area contributed by atoms with Crippen LogP contribution in [0.1, 0.15) is 34.1 Å². The van der Waals surface area contributed by atoms with Crippen molar-refractivity contribution in [2.45, 2.75) is 51.8 Å². The maximum atomic E-state index is 11.2. The zero-order valence-corrected chi connectivity index (χ0v) is 8.83. The van der Waals surface area contributed by atoms with Crippen molar-refractivity contribution in [1.29, 1.82) is 0 Å². The largest absolute Gasteiger partial charge is 0.460 e. The van der Waals surface area contributed by atoms with Crippen LogP contribution in [0.4, 0.5) is 0 Å². The standard InChI is InChI=1S/C9H20N2O2/c1-6(10)7(11)5-8(12)13-9(2,3)4/h6-7H,5,10-11H2,1-4H3. The number of esters is 1. The lowest BCUT2D eigenvalue weighted by Gasteiger charge is -2.21. The molecule has 0 amide bonds. The minimum absolute atomic E-state index is 0.176. The topological polar surface area (TPSA) is 78.3 Å². The number of hydrogen-bond acceptors (Lipinski definition) is 4. The summed E-state index contributed by atoms with van der Waals surface area (Å²) in [5.74, 6) is -0.294. The van der Waals surface area contributed by atoms with Crippen molar-refractivity contribution in [3.63, 3.8) is 0 Å². The van der Waals surface area contributed by atoms with Crippen LogP contribution in [0.15, 0.2) is 0 Å². The Bertz CT molecular complexity index is 173. The van der Waals surface area contributed by atoms with Gasteiger partial charge in [-0.1, -0.05) is 0 Å². The molecule has 0 aliphatic heterocycles. The molecule has 0 aliphatic carbocycles. The first-order valence-electron chi connectivity index (χ1n) is 4.45. The highest BCUT2D eigenvalue weighted by Crippen LogP contribution is 2.09. The van der Waals surface area contributed by atoms with E-state index >= 15 is 0 Å². The Labute approximate surface area is 79.6 Å². The summed E-state index contributed by atoms with van der Waals surface area (Å²) in [7, 11) is 0. The number of hydrogen-bond donors (Lipinski definition) is 2. The number of carbonyl (C=O) groups excluding carboxylic acids is 1. The Morgan fingerprint density at radius 1 is 1.38 bits per heavy atom. The van der Waals surface area contributed by atoms with E-state index in [2.05, 4.69) is 0 Å². The van der Waals surface area contributed by atoms with E-state index in [1.165, 1.54) is 0 Å². The molecule has 0 aromatic rings. The number of rotatable bonds is 3. The molecule has 2 atom stereocenters. The van der Waals surface area contributed by atoms with Crippen LogP contribution >= 0.6 is 0 Å². The highest BCUT2D eigenvalue weighted by Gasteiger charge is 2.19. The molecule has 78 valence electrons. The molecule has 0 spiro atoms. The van der Waals surface area contributed by atoms with Crippen molar-refractivity contribution in [3.8, 4) is 0 Å². The second-order valence-corrected chi connectivity index (χ2v) is 4.31. The van der Waals surface area contributed by atoms with Gasteiger partial charge in [0.15, 0.2) is 0 Å². The molecule has 0 aromatic carbocycles. The molecule has 13 heavy (non-hydrogen) atoms. The van der Waals surface area contributed by atoms with Crippen LogP contribution < -0.4 is 11.5 Å². The lowest BCUT2D eigenvalue weighted by atomic mass is 10.1. The van der Waals surface area contributed by atoms with E-state index in [-0.39, 0.29) is 24.5 Å². The van der Waals surface area contributed by atoms with E-state index < -0.39 is 5.60 Å². The number of ether oxygens (including phenoxy) is 1. The zero-order valence-electron chi connectivity index (χ0n) is 8.83. The van der Waals surface area contributed by atoms with Crippen molar-refractivity contribution in [3.05, 3.63) is 0 Å². The lowest BCUT2D eigenvalue weighted by Crippen LogP contribution is -2.41. The Hall–Kier alpha value is -0.610. The summed E-state index contributed by atoms with van der Waals surface area (Å²) in [6, 6.07) is -0.512. The number of nitrogens with two attached hydrogens (primary N) is 2. The molecule has 0 radical (unpaired) electrons. The average molecular weight is 188 g/mol. The third kappa shape index (κ3) is 6.54. The van der Waals surface area contributed by atoms with E-state index in [1.807, 2.05) is 20.8 Å². The molecule has 0 fully saturated rings. The number of carbonyl (C=O) groups is 1.